The minimum Gasteiger partial charge on any atom is -0.436 e. The number of benzene rings is 5. The van der Waals surface area contributed by atoms with Crippen LogP contribution in [0.25, 0.3) is 44.1 Å². The van der Waals surface area contributed by atoms with Crippen LogP contribution in [0.15, 0.2) is 101 Å². The summed E-state index contributed by atoms with van der Waals surface area (Å²) in [6, 6.07) is 30.8. The first-order chi connectivity index (χ1) is 16.2. The van der Waals surface area contributed by atoms with E-state index in [2.05, 4.69) is 34.6 Å². The summed E-state index contributed by atoms with van der Waals surface area (Å²) < 4.78 is 5.98. The van der Waals surface area contributed by atoms with Crippen LogP contribution < -0.4 is 5.32 Å². The molecule has 0 fully saturated rings. The van der Waals surface area contributed by atoms with Crippen LogP contribution in [0.4, 0.5) is 5.69 Å². The number of fused-ring (bicyclic) bond motifs is 3. The lowest BCUT2D eigenvalue weighted by atomic mass is 10.0. The van der Waals surface area contributed by atoms with Gasteiger partial charge >= 0.3 is 0 Å². The number of anilines is 1. The van der Waals surface area contributed by atoms with E-state index in [-0.39, 0.29) is 5.91 Å². The van der Waals surface area contributed by atoms with Crippen LogP contribution in [-0.2, 0) is 0 Å². The van der Waals surface area contributed by atoms with Gasteiger partial charge in [-0.15, -0.1) is 0 Å². The van der Waals surface area contributed by atoms with Crippen molar-refractivity contribution in [3.8, 4) is 11.5 Å². The first-order valence-corrected chi connectivity index (χ1v) is 10.9. The molecule has 0 spiro atoms. The fraction of sp³-hybridized carbons (Fsp3) is 0. The number of carbonyl (C=O) groups excluding carboxylic acids is 1. The molecule has 6 aromatic rings. The van der Waals surface area contributed by atoms with Crippen molar-refractivity contribution in [1.29, 1.82) is 0 Å². The Morgan fingerprint density at radius 3 is 2.52 bits per heavy atom. The van der Waals surface area contributed by atoms with E-state index in [1.807, 2.05) is 66.7 Å². The zero-order chi connectivity index (χ0) is 22.4. The van der Waals surface area contributed by atoms with Crippen molar-refractivity contribution >= 4 is 55.8 Å². The second-order valence-corrected chi connectivity index (χ2v) is 8.27. The zero-order valence-electron chi connectivity index (χ0n) is 17.4. The normalized spacial score (nSPS) is 11.3. The fourth-order valence-corrected chi connectivity index (χ4v) is 4.36. The van der Waals surface area contributed by atoms with Crippen LogP contribution in [0.3, 0.4) is 0 Å². The summed E-state index contributed by atoms with van der Waals surface area (Å²) >= 11 is 6.29. The molecule has 6 rings (SSSR count). The SMILES string of the molecule is O=C(Nc1ccc2oc(-c3ccc4ccccc4c3)nc2c1)c1cccc2c(Cl)cccc12. The molecule has 158 valence electrons. The molecule has 0 aliphatic heterocycles. The third-order valence-corrected chi connectivity index (χ3v) is 6.08. The van der Waals surface area contributed by atoms with Gasteiger partial charge in [-0.1, -0.05) is 66.2 Å². The van der Waals surface area contributed by atoms with Crippen LogP contribution in [0.1, 0.15) is 10.4 Å². The van der Waals surface area contributed by atoms with Crippen LogP contribution >= 0.6 is 11.6 Å². The van der Waals surface area contributed by atoms with Gasteiger partial charge < -0.3 is 9.73 Å². The van der Waals surface area contributed by atoms with Crippen LogP contribution in [0.5, 0.6) is 0 Å². The van der Waals surface area contributed by atoms with Crippen molar-refractivity contribution in [3.63, 3.8) is 0 Å². The van der Waals surface area contributed by atoms with Crippen LogP contribution in [-0.4, -0.2) is 10.9 Å². The summed E-state index contributed by atoms with van der Waals surface area (Å²) in [6.07, 6.45) is 0. The standard InChI is InChI=1S/C28H17ClN2O2/c29-24-10-4-7-21-22(24)8-3-9-23(21)27(32)30-20-13-14-26-25(16-20)31-28(33-26)19-12-11-17-5-1-2-6-18(17)15-19/h1-16H,(H,30,32). The molecule has 0 radical (unpaired) electrons. The lowest BCUT2D eigenvalue weighted by Gasteiger charge is -2.09. The predicted molar refractivity (Wildman–Crippen MR) is 134 cm³/mol. The minimum atomic E-state index is -0.208. The van der Waals surface area contributed by atoms with Gasteiger partial charge in [0.05, 0.1) is 0 Å². The smallest absolute Gasteiger partial charge is 0.256 e. The van der Waals surface area contributed by atoms with Crippen LogP contribution in [0, 0.1) is 0 Å². The zero-order valence-corrected chi connectivity index (χ0v) is 18.1. The Balaban J connectivity index is 1.33. The van der Waals surface area contributed by atoms with E-state index < -0.39 is 0 Å². The molecule has 5 aromatic carbocycles. The van der Waals surface area contributed by atoms with Crippen molar-refractivity contribution in [2.24, 2.45) is 0 Å². The maximum atomic E-state index is 13.0. The molecule has 0 atom stereocenters. The molecule has 0 aliphatic carbocycles. The van der Waals surface area contributed by atoms with Crippen molar-refractivity contribution < 1.29 is 9.21 Å². The van der Waals surface area contributed by atoms with Gasteiger partial charge in [0, 0.05) is 27.2 Å². The molecule has 1 aromatic heterocycles. The quantitative estimate of drug-likeness (QED) is 0.301. The summed E-state index contributed by atoms with van der Waals surface area (Å²) in [7, 11) is 0. The van der Waals surface area contributed by atoms with Crippen molar-refractivity contribution in [2.75, 3.05) is 5.32 Å². The van der Waals surface area contributed by atoms with E-state index in [0.29, 0.717) is 33.3 Å². The highest BCUT2D eigenvalue weighted by atomic mass is 35.5. The maximum Gasteiger partial charge on any atom is 0.256 e. The maximum absolute atomic E-state index is 13.0. The predicted octanol–water partition coefficient (Wildman–Crippen LogP) is 7.71. The summed E-state index contributed by atoms with van der Waals surface area (Å²) in [4.78, 5) is 17.7. The summed E-state index contributed by atoms with van der Waals surface area (Å²) in [5.41, 5.74) is 3.45. The molecular weight excluding hydrogens is 432 g/mol. The lowest BCUT2D eigenvalue weighted by Crippen LogP contribution is -2.12. The number of hydrogen-bond acceptors (Lipinski definition) is 3. The molecule has 0 aliphatic rings. The third-order valence-electron chi connectivity index (χ3n) is 5.76. The van der Waals surface area contributed by atoms with Crippen molar-refractivity contribution in [1.82, 2.24) is 4.98 Å². The number of nitrogens with one attached hydrogen (secondary N) is 1. The van der Waals surface area contributed by atoms with Crippen molar-refractivity contribution in [3.05, 3.63) is 108 Å². The third kappa shape index (κ3) is 3.51. The van der Waals surface area contributed by atoms with E-state index in [0.717, 1.165) is 27.1 Å². The Hall–Kier alpha value is -4.15. The van der Waals surface area contributed by atoms with E-state index in [1.54, 1.807) is 6.07 Å². The van der Waals surface area contributed by atoms with Gasteiger partial charge in [0.15, 0.2) is 5.58 Å². The number of halogens is 1. The lowest BCUT2D eigenvalue weighted by molar-refractivity contribution is 0.102. The molecule has 1 amide bonds. The molecule has 4 nitrogen and oxygen atoms in total. The van der Waals surface area contributed by atoms with Gasteiger partial charge in [-0.2, -0.15) is 0 Å². The largest absolute Gasteiger partial charge is 0.436 e. The molecule has 5 heteroatoms. The van der Waals surface area contributed by atoms with E-state index in [9.17, 15) is 4.79 Å². The Morgan fingerprint density at radius 2 is 1.61 bits per heavy atom. The number of nitrogens with zero attached hydrogens (tertiary/aromatic N) is 1. The minimum absolute atomic E-state index is 0.208. The first-order valence-electron chi connectivity index (χ1n) is 10.5. The Bertz CT molecular complexity index is 1690. The molecular formula is C28H17ClN2O2. The molecule has 33 heavy (non-hydrogen) atoms. The highest BCUT2D eigenvalue weighted by molar-refractivity contribution is 6.36. The number of amides is 1. The second-order valence-electron chi connectivity index (χ2n) is 7.86. The van der Waals surface area contributed by atoms with Gasteiger partial charge in [0.25, 0.3) is 5.91 Å². The van der Waals surface area contributed by atoms with E-state index in [1.165, 1.54) is 0 Å². The van der Waals surface area contributed by atoms with Gasteiger partial charge in [0.2, 0.25) is 5.89 Å². The van der Waals surface area contributed by atoms with Gasteiger partial charge in [-0.3, -0.25) is 4.79 Å². The Labute approximate surface area is 194 Å². The number of oxazole rings is 1. The number of hydrogen-bond donors (Lipinski definition) is 1. The molecule has 0 saturated heterocycles. The summed E-state index contributed by atoms with van der Waals surface area (Å²) in [6.45, 7) is 0. The highest BCUT2D eigenvalue weighted by Crippen LogP contribution is 2.30. The Kier molecular flexibility index (Phi) is 4.60. The summed E-state index contributed by atoms with van der Waals surface area (Å²) in [5, 5.41) is 7.53. The average Bonchev–Trinajstić information content (AvgIpc) is 3.27. The molecule has 1 heterocycles. The van der Waals surface area contributed by atoms with E-state index >= 15 is 0 Å². The topological polar surface area (TPSA) is 55.1 Å². The van der Waals surface area contributed by atoms with E-state index in [4.69, 9.17) is 16.0 Å². The van der Waals surface area contributed by atoms with Gasteiger partial charge in [-0.05, 0) is 58.6 Å². The first kappa shape index (κ1) is 19.5. The number of carbonyl (C=O) groups is 1. The van der Waals surface area contributed by atoms with Gasteiger partial charge in [-0.25, -0.2) is 4.98 Å². The second kappa shape index (κ2) is 7.76. The summed E-state index contributed by atoms with van der Waals surface area (Å²) in [5.74, 6) is 0.336. The molecule has 0 saturated carbocycles. The average molecular weight is 449 g/mol. The number of aromatic nitrogens is 1. The number of rotatable bonds is 3. The van der Waals surface area contributed by atoms with Crippen molar-refractivity contribution in [2.45, 2.75) is 0 Å². The van der Waals surface area contributed by atoms with Crippen LogP contribution in [0.2, 0.25) is 5.02 Å². The monoisotopic (exact) mass is 448 g/mol. The Morgan fingerprint density at radius 1 is 0.788 bits per heavy atom. The van der Waals surface area contributed by atoms with Gasteiger partial charge in [0.1, 0.15) is 5.52 Å². The molecule has 1 N–H and O–H groups in total. The molecule has 0 unspecified atom stereocenters. The fourth-order valence-electron chi connectivity index (χ4n) is 4.12. The molecule has 0 bridgehead atoms. The highest BCUT2D eigenvalue weighted by Gasteiger charge is 2.14.